The molecule has 1 aliphatic heterocycles. The van der Waals surface area contributed by atoms with Gasteiger partial charge in [-0.25, -0.2) is 4.98 Å². The maximum atomic E-state index is 5.95. The van der Waals surface area contributed by atoms with Gasteiger partial charge in [-0.05, 0) is 46.8 Å². The van der Waals surface area contributed by atoms with Crippen molar-refractivity contribution in [1.82, 2.24) is 4.98 Å². The summed E-state index contributed by atoms with van der Waals surface area (Å²) in [5.41, 5.74) is 1.12. The number of aryl methyl sites for hydroxylation is 1. The van der Waals surface area contributed by atoms with E-state index < -0.39 is 0 Å². The van der Waals surface area contributed by atoms with Crippen molar-refractivity contribution in [2.45, 2.75) is 52.1 Å². The predicted octanol–water partition coefficient (Wildman–Crippen LogP) is 3.65. The summed E-state index contributed by atoms with van der Waals surface area (Å²) in [5, 5.41) is 0.467. The summed E-state index contributed by atoms with van der Waals surface area (Å²) < 4.78 is 11.9. The lowest BCUT2D eigenvalue weighted by Gasteiger charge is -2.30. The summed E-state index contributed by atoms with van der Waals surface area (Å²) in [5.74, 6) is 0. The summed E-state index contributed by atoms with van der Waals surface area (Å²) in [6.07, 6.45) is -0.376. The molecular formula is C13H18ClNO2. The molecule has 1 fully saturated rings. The molecule has 0 unspecified atom stereocenters. The first-order valence-corrected chi connectivity index (χ1v) is 6.09. The monoisotopic (exact) mass is 255 g/mol. The molecule has 0 amide bonds. The van der Waals surface area contributed by atoms with E-state index in [4.69, 9.17) is 21.1 Å². The second-order valence-corrected chi connectivity index (χ2v) is 5.84. The Labute approximate surface area is 107 Å². The van der Waals surface area contributed by atoms with Crippen LogP contribution in [0.4, 0.5) is 0 Å². The molecule has 1 aromatic heterocycles. The molecule has 0 aliphatic carbocycles. The third kappa shape index (κ3) is 2.32. The number of rotatable bonds is 1. The highest BCUT2D eigenvalue weighted by atomic mass is 35.5. The number of ether oxygens (including phenoxy) is 2. The maximum absolute atomic E-state index is 5.95. The third-order valence-corrected chi connectivity index (χ3v) is 3.66. The lowest BCUT2D eigenvalue weighted by molar-refractivity contribution is -0.0896. The molecule has 1 saturated heterocycles. The molecule has 3 nitrogen and oxygen atoms in total. The van der Waals surface area contributed by atoms with E-state index in [1.807, 2.05) is 40.7 Å². The molecule has 2 heterocycles. The molecule has 0 bridgehead atoms. The summed E-state index contributed by atoms with van der Waals surface area (Å²) in [4.78, 5) is 4.13. The molecule has 94 valence electrons. The van der Waals surface area contributed by atoms with Crippen LogP contribution in [0.3, 0.4) is 0 Å². The quantitative estimate of drug-likeness (QED) is 0.718. The van der Waals surface area contributed by atoms with Crippen LogP contribution in [0.25, 0.3) is 0 Å². The van der Waals surface area contributed by atoms with Crippen LogP contribution in [-0.2, 0) is 9.47 Å². The highest BCUT2D eigenvalue weighted by Gasteiger charge is 2.49. The van der Waals surface area contributed by atoms with Gasteiger partial charge in [-0.1, -0.05) is 11.6 Å². The minimum atomic E-state index is -0.376. The van der Waals surface area contributed by atoms with E-state index in [-0.39, 0.29) is 17.5 Å². The number of hydrogen-bond acceptors (Lipinski definition) is 3. The van der Waals surface area contributed by atoms with Gasteiger partial charge in [0, 0.05) is 11.3 Å². The lowest BCUT2D eigenvalue weighted by Crippen LogP contribution is -2.41. The minimum absolute atomic E-state index is 0.332. The topological polar surface area (TPSA) is 31.4 Å². The van der Waals surface area contributed by atoms with Crippen molar-refractivity contribution < 1.29 is 9.47 Å². The molecule has 1 aliphatic rings. The van der Waals surface area contributed by atoms with Crippen molar-refractivity contribution in [3.05, 3.63) is 28.5 Å². The molecule has 0 aromatic carbocycles. The summed E-state index contributed by atoms with van der Waals surface area (Å²) in [6.45, 7) is 10.0. The van der Waals surface area contributed by atoms with Crippen molar-refractivity contribution in [2.24, 2.45) is 0 Å². The standard InChI is InChI=1S/C13H18ClNO2/c1-8-6-9(7-10(14)15-8)11-16-12(2,3)13(4,5)17-11/h6-7,11H,1-5H3. The van der Waals surface area contributed by atoms with Gasteiger partial charge in [0.1, 0.15) is 5.15 Å². The van der Waals surface area contributed by atoms with Gasteiger partial charge in [-0.2, -0.15) is 0 Å². The second kappa shape index (κ2) is 3.94. The first kappa shape index (κ1) is 12.8. The van der Waals surface area contributed by atoms with E-state index in [0.29, 0.717) is 5.15 Å². The zero-order chi connectivity index (χ0) is 12.8. The fourth-order valence-electron chi connectivity index (χ4n) is 1.77. The molecule has 4 heteroatoms. The van der Waals surface area contributed by atoms with Crippen LogP contribution in [0, 0.1) is 6.92 Å². The fraction of sp³-hybridized carbons (Fsp3) is 0.615. The minimum Gasteiger partial charge on any atom is -0.339 e. The zero-order valence-electron chi connectivity index (χ0n) is 10.9. The Bertz CT molecular complexity index is 407. The SMILES string of the molecule is Cc1cc(C2OC(C)(C)C(C)(C)O2)cc(Cl)n1. The number of nitrogens with zero attached hydrogens (tertiary/aromatic N) is 1. The maximum Gasteiger partial charge on any atom is 0.185 e. The van der Waals surface area contributed by atoms with Crippen molar-refractivity contribution in [1.29, 1.82) is 0 Å². The zero-order valence-corrected chi connectivity index (χ0v) is 11.6. The summed E-state index contributed by atoms with van der Waals surface area (Å²) in [7, 11) is 0. The Balaban J connectivity index is 2.32. The molecular weight excluding hydrogens is 238 g/mol. The van der Waals surface area contributed by atoms with Gasteiger partial charge in [0.2, 0.25) is 0 Å². The van der Waals surface area contributed by atoms with E-state index in [1.165, 1.54) is 0 Å². The van der Waals surface area contributed by atoms with E-state index >= 15 is 0 Å². The number of halogens is 1. The Morgan fingerprint density at radius 3 is 2.12 bits per heavy atom. The number of aromatic nitrogens is 1. The predicted molar refractivity (Wildman–Crippen MR) is 67.1 cm³/mol. The van der Waals surface area contributed by atoms with Gasteiger partial charge in [0.05, 0.1) is 11.2 Å². The highest BCUT2D eigenvalue weighted by molar-refractivity contribution is 6.29. The van der Waals surface area contributed by atoms with Crippen molar-refractivity contribution in [3.8, 4) is 0 Å². The molecule has 0 atom stereocenters. The number of hydrogen-bond donors (Lipinski definition) is 0. The van der Waals surface area contributed by atoms with Gasteiger partial charge >= 0.3 is 0 Å². The Morgan fingerprint density at radius 1 is 1.12 bits per heavy atom. The van der Waals surface area contributed by atoms with Gasteiger partial charge in [0.25, 0.3) is 0 Å². The molecule has 0 spiro atoms. The fourth-order valence-corrected chi connectivity index (χ4v) is 2.03. The average Bonchev–Trinajstić information content (AvgIpc) is 2.34. The highest BCUT2D eigenvalue weighted by Crippen LogP contribution is 2.44. The van der Waals surface area contributed by atoms with E-state index in [9.17, 15) is 0 Å². The first-order chi connectivity index (χ1) is 7.71. The normalized spacial score (nSPS) is 22.9. The smallest absolute Gasteiger partial charge is 0.185 e. The van der Waals surface area contributed by atoms with Crippen LogP contribution in [0.1, 0.15) is 45.2 Å². The largest absolute Gasteiger partial charge is 0.339 e. The Kier molecular flexibility index (Phi) is 2.97. The molecule has 0 radical (unpaired) electrons. The van der Waals surface area contributed by atoms with Crippen molar-refractivity contribution in [2.75, 3.05) is 0 Å². The Morgan fingerprint density at radius 2 is 1.65 bits per heavy atom. The van der Waals surface area contributed by atoms with Crippen LogP contribution in [0.5, 0.6) is 0 Å². The van der Waals surface area contributed by atoms with Crippen molar-refractivity contribution in [3.63, 3.8) is 0 Å². The van der Waals surface area contributed by atoms with Gasteiger partial charge in [0.15, 0.2) is 6.29 Å². The van der Waals surface area contributed by atoms with Crippen molar-refractivity contribution >= 4 is 11.6 Å². The summed E-state index contributed by atoms with van der Waals surface area (Å²) in [6, 6.07) is 3.73. The van der Waals surface area contributed by atoms with Crippen LogP contribution in [-0.4, -0.2) is 16.2 Å². The van der Waals surface area contributed by atoms with Gasteiger partial charge in [-0.15, -0.1) is 0 Å². The molecule has 1 aromatic rings. The molecule has 0 N–H and O–H groups in total. The van der Waals surface area contributed by atoms with Crippen LogP contribution >= 0.6 is 11.6 Å². The van der Waals surface area contributed by atoms with E-state index in [1.54, 1.807) is 6.07 Å². The molecule has 17 heavy (non-hydrogen) atoms. The molecule has 2 rings (SSSR count). The lowest BCUT2D eigenvalue weighted by atomic mass is 9.90. The average molecular weight is 256 g/mol. The van der Waals surface area contributed by atoms with E-state index in [2.05, 4.69) is 4.98 Å². The first-order valence-electron chi connectivity index (χ1n) is 5.71. The van der Waals surface area contributed by atoms with Crippen LogP contribution < -0.4 is 0 Å². The summed E-state index contributed by atoms with van der Waals surface area (Å²) >= 11 is 5.95. The van der Waals surface area contributed by atoms with E-state index in [0.717, 1.165) is 11.3 Å². The number of pyridine rings is 1. The van der Waals surface area contributed by atoms with Gasteiger partial charge < -0.3 is 9.47 Å². The van der Waals surface area contributed by atoms with Crippen LogP contribution in [0.2, 0.25) is 5.15 Å². The Hall–Kier alpha value is -0.640. The second-order valence-electron chi connectivity index (χ2n) is 5.45. The third-order valence-electron chi connectivity index (χ3n) is 3.47. The van der Waals surface area contributed by atoms with Crippen LogP contribution in [0.15, 0.2) is 12.1 Å². The molecule has 0 saturated carbocycles. The van der Waals surface area contributed by atoms with Gasteiger partial charge in [-0.3, -0.25) is 0 Å².